The molecule has 2 heterocycles. The van der Waals surface area contributed by atoms with Crippen LogP contribution in [0.25, 0.3) is 10.2 Å². The van der Waals surface area contributed by atoms with E-state index in [1.54, 1.807) is 0 Å². The second-order valence-electron chi connectivity index (χ2n) is 6.89. The van der Waals surface area contributed by atoms with E-state index in [1.807, 2.05) is 19.9 Å². The summed E-state index contributed by atoms with van der Waals surface area (Å²) in [5.74, 6) is -4.23. The highest BCUT2D eigenvalue weighted by Crippen LogP contribution is 2.31. The molecule has 0 atom stereocenters. The van der Waals surface area contributed by atoms with Crippen molar-refractivity contribution in [2.75, 3.05) is 0 Å². The van der Waals surface area contributed by atoms with E-state index in [0.717, 1.165) is 41.1 Å². The molecule has 4 nitrogen and oxygen atoms in total. The lowest BCUT2D eigenvalue weighted by Crippen LogP contribution is -2.10. The number of aliphatic carboxylic acids is 1. The molecule has 0 aliphatic rings. The van der Waals surface area contributed by atoms with Gasteiger partial charge >= 0.3 is 5.97 Å². The molecular formula is C21H21F3N2O2S. The van der Waals surface area contributed by atoms with Crippen molar-refractivity contribution in [3.05, 3.63) is 57.1 Å². The van der Waals surface area contributed by atoms with Crippen LogP contribution in [0.2, 0.25) is 0 Å². The van der Waals surface area contributed by atoms with Gasteiger partial charge in [0, 0.05) is 23.9 Å². The summed E-state index contributed by atoms with van der Waals surface area (Å²) >= 11 is 0.966. The van der Waals surface area contributed by atoms with Gasteiger partial charge in [-0.3, -0.25) is 9.78 Å². The Kier molecular flexibility index (Phi) is 6.52. The number of carboxylic acid groups (broad SMARTS) is 1. The molecule has 0 unspecified atom stereocenters. The normalized spacial score (nSPS) is 11.3. The fourth-order valence-electron chi connectivity index (χ4n) is 3.33. The maximum absolute atomic E-state index is 14.0. The lowest BCUT2D eigenvalue weighted by Gasteiger charge is -2.14. The van der Waals surface area contributed by atoms with Gasteiger partial charge in [-0.05, 0) is 24.0 Å². The van der Waals surface area contributed by atoms with Crippen LogP contribution in [0.15, 0.2) is 12.1 Å². The van der Waals surface area contributed by atoms with E-state index in [2.05, 4.69) is 4.98 Å². The number of aryl methyl sites for hydroxylation is 2. The SMILES string of the molecule is CCCc1nc(CCC)c(Cc2nc3c(F)c(F)cc(F)c3s2)cc1CC(=O)O. The first-order chi connectivity index (χ1) is 13.8. The number of benzene rings is 1. The van der Waals surface area contributed by atoms with Gasteiger partial charge in [0.2, 0.25) is 0 Å². The van der Waals surface area contributed by atoms with Gasteiger partial charge in [-0.2, -0.15) is 0 Å². The third-order valence-electron chi connectivity index (χ3n) is 4.58. The lowest BCUT2D eigenvalue weighted by atomic mass is 9.99. The van der Waals surface area contributed by atoms with Crippen molar-refractivity contribution in [1.29, 1.82) is 0 Å². The van der Waals surface area contributed by atoms with Crippen molar-refractivity contribution < 1.29 is 23.1 Å². The summed E-state index contributed by atoms with van der Waals surface area (Å²) in [6.07, 6.45) is 3.17. The highest BCUT2D eigenvalue weighted by Gasteiger charge is 2.19. The molecule has 1 aromatic carbocycles. The van der Waals surface area contributed by atoms with Crippen molar-refractivity contribution >= 4 is 27.5 Å². The molecule has 3 rings (SSSR count). The Labute approximate surface area is 170 Å². The van der Waals surface area contributed by atoms with Crippen molar-refractivity contribution in [3.8, 4) is 0 Å². The molecule has 3 aromatic rings. The van der Waals surface area contributed by atoms with Crippen LogP contribution in [0.3, 0.4) is 0 Å². The van der Waals surface area contributed by atoms with Crippen LogP contribution in [0.1, 0.15) is 54.2 Å². The van der Waals surface area contributed by atoms with E-state index in [1.165, 1.54) is 0 Å². The topological polar surface area (TPSA) is 63.1 Å². The fourth-order valence-corrected chi connectivity index (χ4v) is 4.31. The van der Waals surface area contributed by atoms with Gasteiger partial charge in [-0.25, -0.2) is 18.2 Å². The van der Waals surface area contributed by atoms with Crippen LogP contribution in [-0.4, -0.2) is 21.0 Å². The van der Waals surface area contributed by atoms with E-state index in [9.17, 15) is 23.1 Å². The molecule has 0 radical (unpaired) electrons. The summed E-state index contributed by atoms with van der Waals surface area (Å²) in [6.45, 7) is 4.02. The Hall–Kier alpha value is -2.48. The predicted octanol–water partition coefficient (Wildman–Crippen LogP) is 5.23. The summed E-state index contributed by atoms with van der Waals surface area (Å²) in [5.41, 5.74) is 2.70. The number of hydrogen-bond donors (Lipinski definition) is 1. The van der Waals surface area contributed by atoms with E-state index < -0.39 is 23.4 Å². The third-order valence-corrected chi connectivity index (χ3v) is 5.64. The van der Waals surface area contributed by atoms with E-state index in [0.29, 0.717) is 29.5 Å². The van der Waals surface area contributed by atoms with Crippen LogP contribution in [0, 0.1) is 17.5 Å². The number of fused-ring (bicyclic) bond motifs is 1. The van der Waals surface area contributed by atoms with Gasteiger partial charge in [0.05, 0.1) is 16.1 Å². The zero-order valence-corrected chi connectivity index (χ0v) is 17.0. The highest BCUT2D eigenvalue weighted by molar-refractivity contribution is 7.18. The monoisotopic (exact) mass is 422 g/mol. The molecule has 1 N–H and O–H groups in total. The second-order valence-corrected chi connectivity index (χ2v) is 7.97. The van der Waals surface area contributed by atoms with E-state index in [-0.39, 0.29) is 23.1 Å². The van der Waals surface area contributed by atoms with Gasteiger partial charge < -0.3 is 5.11 Å². The molecule has 0 aliphatic carbocycles. The molecule has 0 fully saturated rings. The summed E-state index contributed by atoms with van der Waals surface area (Å²) in [4.78, 5) is 20.1. The largest absolute Gasteiger partial charge is 0.481 e. The molecule has 0 bridgehead atoms. The maximum atomic E-state index is 14.0. The standard InChI is InChI=1S/C21H21F3N2O2S/c1-3-5-15-11(7-12(9-18(27)28)16(25-15)6-4-2)8-17-26-20-19(24)13(22)10-14(23)21(20)29-17/h7,10H,3-6,8-9H2,1-2H3,(H,27,28). The molecule has 8 heteroatoms. The van der Waals surface area contributed by atoms with Crippen LogP contribution in [0.4, 0.5) is 13.2 Å². The zero-order chi connectivity index (χ0) is 21.1. The summed E-state index contributed by atoms with van der Waals surface area (Å²) in [7, 11) is 0. The fraction of sp³-hybridized carbons (Fsp3) is 0.381. The number of nitrogens with zero attached hydrogens (tertiary/aromatic N) is 2. The Morgan fingerprint density at radius 1 is 1.00 bits per heavy atom. The van der Waals surface area contributed by atoms with E-state index >= 15 is 0 Å². The molecule has 2 aromatic heterocycles. The number of halogens is 3. The van der Waals surface area contributed by atoms with Gasteiger partial charge in [0.1, 0.15) is 11.3 Å². The minimum atomic E-state index is -1.27. The minimum absolute atomic E-state index is 0.0303. The second kappa shape index (κ2) is 8.90. The van der Waals surface area contributed by atoms with Crippen LogP contribution < -0.4 is 0 Å². The Balaban J connectivity index is 2.07. The Bertz CT molecular complexity index is 1070. The zero-order valence-electron chi connectivity index (χ0n) is 16.2. The molecule has 29 heavy (non-hydrogen) atoms. The first kappa shape index (κ1) is 21.2. The number of pyridine rings is 1. The molecular weight excluding hydrogens is 401 g/mol. The number of hydrogen-bond acceptors (Lipinski definition) is 4. The Morgan fingerprint density at radius 3 is 2.28 bits per heavy atom. The quantitative estimate of drug-likeness (QED) is 0.505. The van der Waals surface area contributed by atoms with Gasteiger partial charge in [-0.15, -0.1) is 11.3 Å². The van der Waals surface area contributed by atoms with Crippen molar-refractivity contribution in [1.82, 2.24) is 9.97 Å². The predicted molar refractivity (Wildman–Crippen MR) is 106 cm³/mol. The molecule has 0 aliphatic heterocycles. The molecule has 0 spiro atoms. The van der Waals surface area contributed by atoms with Crippen LogP contribution in [-0.2, 0) is 30.5 Å². The number of aromatic nitrogens is 2. The maximum Gasteiger partial charge on any atom is 0.307 e. The van der Waals surface area contributed by atoms with Gasteiger partial charge in [0.25, 0.3) is 0 Å². The average molecular weight is 422 g/mol. The van der Waals surface area contributed by atoms with Gasteiger partial charge in [-0.1, -0.05) is 32.8 Å². The van der Waals surface area contributed by atoms with Gasteiger partial charge in [0.15, 0.2) is 11.6 Å². The number of thiazole rings is 1. The van der Waals surface area contributed by atoms with Crippen LogP contribution in [0.5, 0.6) is 0 Å². The first-order valence-electron chi connectivity index (χ1n) is 9.49. The highest BCUT2D eigenvalue weighted by atomic mass is 32.1. The number of carboxylic acids is 1. The number of rotatable bonds is 8. The Morgan fingerprint density at radius 2 is 1.66 bits per heavy atom. The smallest absolute Gasteiger partial charge is 0.307 e. The summed E-state index contributed by atoms with van der Waals surface area (Å²) in [5, 5.41) is 9.66. The third kappa shape index (κ3) is 4.58. The molecule has 154 valence electrons. The number of carbonyl (C=O) groups is 1. The van der Waals surface area contributed by atoms with Crippen molar-refractivity contribution in [3.63, 3.8) is 0 Å². The molecule has 0 amide bonds. The van der Waals surface area contributed by atoms with E-state index in [4.69, 9.17) is 4.98 Å². The summed E-state index contributed by atoms with van der Waals surface area (Å²) < 4.78 is 41.5. The van der Waals surface area contributed by atoms with Crippen molar-refractivity contribution in [2.45, 2.75) is 52.4 Å². The van der Waals surface area contributed by atoms with Crippen molar-refractivity contribution in [2.24, 2.45) is 0 Å². The van der Waals surface area contributed by atoms with Crippen LogP contribution >= 0.6 is 11.3 Å². The summed E-state index contributed by atoms with van der Waals surface area (Å²) in [6, 6.07) is 2.34. The lowest BCUT2D eigenvalue weighted by molar-refractivity contribution is -0.136. The molecule has 0 saturated heterocycles. The minimum Gasteiger partial charge on any atom is -0.481 e. The first-order valence-corrected chi connectivity index (χ1v) is 10.3. The molecule has 0 saturated carbocycles. The average Bonchev–Trinajstić information content (AvgIpc) is 3.08.